The van der Waals surface area contributed by atoms with Crippen LogP contribution in [0.2, 0.25) is 0 Å². The number of fused-ring (bicyclic) bond motifs is 2. The van der Waals surface area contributed by atoms with Gasteiger partial charge in [-0.1, -0.05) is 13.0 Å². The van der Waals surface area contributed by atoms with E-state index in [0.29, 0.717) is 34.0 Å². The summed E-state index contributed by atoms with van der Waals surface area (Å²) in [6.07, 6.45) is 0.00498. The van der Waals surface area contributed by atoms with Crippen LogP contribution in [-0.2, 0) is 24.3 Å². The number of nitrogens with zero attached hydrogens (tertiary/aromatic N) is 5. The van der Waals surface area contributed by atoms with Gasteiger partial charge in [0.15, 0.2) is 0 Å². The van der Waals surface area contributed by atoms with Crippen LogP contribution in [0, 0.1) is 30.6 Å². The standard InChI is InChI=1S/C34H38F3N7OS/c1-4-29(45)42-33-16-32(17-33,18-33)19-44-24(14-38)11-26-20(2)22(5-6-28(26)44)15-43-9-7-23(8-10-43)41-30-27-12-25(13-34(35,36)37)46-31(27)40-21(3)39-30/h5-6,11-12,23H,4,7-10,13,15-19H2,1-3H3,(H,42,45)(H,39,40,41). The van der Waals surface area contributed by atoms with E-state index in [2.05, 4.69) is 55.2 Å². The molecule has 3 saturated carbocycles. The third-order valence-electron chi connectivity index (χ3n) is 10.2. The molecule has 12 heteroatoms. The van der Waals surface area contributed by atoms with Gasteiger partial charge in [-0.3, -0.25) is 9.69 Å². The summed E-state index contributed by atoms with van der Waals surface area (Å²) < 4.78 is 41.2. The molecular formula is C34H38F3N7OS. The molecule has 0 unspecified atom stereocenters. The lowest BCUT2D eigenvalue weighted by Crippen LogP contribution is -2.75. The topological polar surface area (TPSA) is 98.9 Å². The maximum absolute atomic E-state index is 13.0. The minimum absolute atomic E-state index is 0.0288. The van der Waals surface area contributed by atoms with Crippen LogP contribution in [0.5, 0.6) is 0 Å². The molecule has 1 saturated heterocycles. The lowest BCUT2D eigenvalue weighted by Gasteiger charge is -2.70. The largest absolute Gasteiger partial charge is 0.393 e. The summed E-state index contributed by atoms with van der Waals surface area (Å²) in [6.45, 7) is 9.17. The Bertz CT molecular complexity index is 1860. The maximum Gasteiger partial charge on any atom is 0.393 e. The van der Waals surface area contributed by atoms with E-state index in [9.17, 15) is 23.2 Å². The number of halogens is 3. The number of hydrogen-bond acceptors (Lipinski definition) is 7. The van der Waals surface area contributed by atoms with Crippen LogP contribution < -0.4 is 10.6 Å². The number of benzene rings is 1. The molecule has 3 aliphatic carbocycles. The van der Waals surface area contributed by atoms with Gasteiger partial charge in [-0.2, -0.15) is 18.4 Å². The van der Waals surface area contributed by atoms with Gasteiger partial charge in [-0.05, 0) is 80.7 Å². The Labute approximate surface area is 270 Å². The average Bonchev–Trinajstić information content (AvgIpc) is 3.53. The molecule has 3 aromatic heterocycles. The summed E-state index contributed by atoms with van der Waals surface area (Å²) in [4.78, 5) is 24.1. The Morgan fingerprint density at radius 2 is 1.87 bits per heavy atom. The summed E-state index contributed by atoms with van der Waals surface area (Å²) in [5, 5.41) is 18.5. The summed E-state index contributed by atoms with van der Waals surface area (Å²) in [5.41, 5.74) is 4.35. The third-order valence-corrected chi connectivity index (χ3v) is 11.2. The second kappa shape index (κ2) is 11.2. The summed E-state index contributed by atoms with van der Waals surface area (Å²) >= 11 is 1.08. The van der Waals surface area contributed by atoms with Crippen LogP contribution in [-0.4, -0.2) is 56.2 Å². The van der Waals surface area contributed by atoms with Crippen molar-refractivity contribution < 1.29 is 18.0 Å². The predicted octanol–water partition coefficient (Wildman–Crippen LogP) is 6.76. The number of likely N-dealkylation sites (tertiary alicyclic amines) is 1. The quantitative estimate of drug-likeness (QED) is 0.208. The molecule has 46 heavy (non-hydrogen) atoms. The first-order valence-corrected chi connectivity index (χ1v) is 16.8. The van der Waals surface area contributed by atoms with Crippen molar-refractivity contribution in [1.29, 1.82) is 5.26 Å². The molecule has 0 radical (unpaired) electrons. The highest BCUT2D eigenvalue weighted by Gasteiger charge is 2.68. The molecule has 1 aromatic carbocycles. The highest BCUT2D eigenvalue weighted by atomic mass is 32.1. The summed E-state index contributed by atoms with van der Waals surface area (Å²) in [7, 11) is 0. The third kappa shape index (κ3) is 5.72. The molecule has 1 amide bonds. The van der Waals surface area contributed by atoms with Crippen LogP contribution in [0.1, 0.15) is 73.0 Å². The molecular weight excluding hydrogens is 611 g/mol. The van der Waals surface area contributed by atoms with E-state index >= 15 is 0 Å². The summed E-state index contributed by atoms with van der Waals surface area (Å²) in [6, 6.07) is 10.5. The highest BCUT2D eigenvalue weighted by Crippen LogP contribution is 2.68. The van der Waals surface area contributed by atoms with E-state index in [1.54, 1.807) is 13.0 Å². The number of nitrogens with one attached hydrogen (secondary N) is 2. The molecule has 2 N–H and O–H groups in total. The fraction of sp³-hybridized carbons (Fsp3) is 0.529. The van der Waals surface area contributed by atoms with Crippen molar-refractivity contribution in [3.05, 3.63) is 51.8 Å². The minimum atomic E-state index is -4.26. The number of nitriles is 1. The number of piperidine rings is 1. The molecule has 242 valence electrons. The number of amides is 1. The number of aromatic nitrogens is 3. The van der Waals surface area contributed by atoms with E-state index in [1.165, 1.54) is 11.1 Å². The van der Waals surface area contributed by atoms with Crippen molar-refractivity contribution in [1.82, 2.24) is 24.8 Å². The summed E-state index contributed by atoms with van der Waals surface area (Å²) in [5.74, 6) is 1.27. The highest BCUT2D eigenvalue weighted by molar-refractivity contribution is 7.18. The Morgan fingerprint density at radius 3 is 2.54 bits per heavy atom. The molecule has 1 aliphatic heterocycles. The number of aryl methyl sites for hydroxylation is 2. The molecule has 4 aromatic rings. The van der Waals surface area contributed by atoms with Gasteiger partial charge in [0.05, 0.1) is 11.8 Å². The lowest BCUT2D eigenvalue weighted by molar-refractivity contribution is -0.171. The van der Waals surface area contributed by atoms with Crippen LogP contribution in [0.25, 0.3) is 21.1 Å². The first-order valence-electron chi connectivity index (χ1n) is 16.0. The van der Waals surface area contributed by atoms with Crippen molar-refractivity contribution >= 4 is 44.2 Å². The van der Waals surface area contributed by atoms with Crippen LogP contribution in [0.15, 0.2) is 24.3 Å². The first-order chi connectivity index (χ1) is 21.9. The number of carbonyl (C=O) groups is 1. The van der Waals surface area contributed by atoms with Gasteiger partial charge in [-0.15, -0.1) is 11.3 Å². The van der Waals surface area contributed by atoms with Crippen molar-refractivity contribution in [3.8, 4) is 6.07 Å². The Morgan fingerprint density at radius 1 is 1.13 bits per heavy atom. The minimum Gasteiger partial charge on any atom is -0.367 e. The molecule has 4 aliphatic rings. The van der Waals surface area contributed by atoms with Gasteiger partial charge < -0.3 is 15.2 Å². The van der Waals surface area contributed by atoms with Gasteiger partial charge in [0, 0.05) is 60.0 Å². The zero-order chi connectivity index (χ0) is 32.4. The van der Waals surface area contributed by atoms with E-state index in [0.717, 1.165) is 80.5 Å². The van der Waals surface area contributed by atoms with Crippen molar-refractivity contribution in [3.63, 3.8) is 0 Å². The monoisotopic (exact) mass is 649 g/mol. The zero-order valence-electron chi connectivity index (χ0n) is 26.4. The molecule has 0 atom stereocenters. The number of thiophene rings is 1. The van der Waals surface area contributed by atoms with Gasteiger partial charge >= 0.3 is 6.18 Å². The van der Waals surface area contributed by atoms with Gasteiger partial charge in [0.2, 0.25) is 5.91 Å². The Kier molecular flexibility index (Phi) is 7.55. The zero-order valence-corrected chi connectivity index (χ0v) is 27.2. The predicted molar refractivity (Wildman–Crippen MR) is 173 cm³/mol. The van der Waals surface area contributed by atoms with Crippen molar-refractivity contribution in [2.45, 2.75) is 96.6 Å². The average molecular weight is 650 g/mol. The molecule has 2 bridgehead atoms. The van der Waals surface area contributed by atoms with Gasteiger partial charge in [0.25, 0.3) is 0 Å². The van der Waals surface area contributed by atoms with Gasteiger partial charge in [-0.25, -0.2) is 9.97 Å². The lowest BCUT2D eigenvalue weighted by atomic mass is 9.39. The molecule has 8 nitrogen and oxygen atoms in total. The second-order valence-corrected chi connectivity index (χ2v) is 14.9. The Hall–Kier alpha value is -3.69. The fourth-order valence-corrected chi connectivity index (χ4v) is 9.22. The fourth-order valence-electron chi connectivity index (χ4n) is 8.12. The van der Waals surface area contributed by atoms with Crippen molar-refractivity contribution in [2.75, 3.05) is 18.4 Å². The molecule has 0 spiro atoms. The molecule has 8 rings (SSSR count). The molecule has 4 fully saturated rings. The van der Waals surface area contributed by atoms with Crippen LogP contribution >= 0.6 is 11.3 Å². The maximum atomic E-state index is 13.0. The SMILES string of the molecule is CCC(=O)NC12CC(Cn3c(C#N)cc4c(C)c(CN5CCC(Nc6nc(C)nc7sc(CC(F)(F)F)cc67)CC5)ccc43)(C1)C2. The number of hydrogen-bond donors (Lipinski definition) is 2. The van der Waals surface area contributed by atoms with E-state index in [1.807, 2.05) is 13.0 Å². The van der Waals surface area contributed by atoms with Crippen LogP contribution in [0.4, 0.5) is 19.0 Å². The normalized spacial score (nSPS) is 23.2. The second-order valence-electron chi connectivity index (χ2n) is 13.8. The van der Waals surface area contributed by atoms with Gasteiger partial charge in [0.1, 0.15) is 28.2 Å². The first kappa shape index (κ1) is 30.9. The van der Waals surface area contributed by atoms with Crippen molar-refractivity contribution in [2.24, 2.45) is 5.41 Å². The van der Waals surface area contributed by atoms with E-state index in [4.69, 9.17) is 0 Å². The number of carbonyl (C=O) groups excluding carboxylic acids is 1. The van der Waals surface area contributed by atoms with Crippen LogP contribution in [0.3, 0.4) is 0 Å². The van der Waals surface area contributed by atoms with E-state index < -0.39 is 12.6 Å². The smallest absolute Gasteiger partial charge is 0.367 e. The number of alkyl halides is 3. The Balaban J connectivity index is 0.997. The molecule has 4 heterocycles. The van der Waals surface area contributed by atoms with E-state index in [-0.39, 0.29) is 27.8 Å². The number of anilines is 1. The number of rotatable bonds is 9.